The maximum atomic E-state index is 12.1. The molecule has 1 aromatic heterocycles. The van der Waals surface area contributed by atoms with Gasteiger partial charge < -0.3 is 19.3 Å². The molecule has 0 N–H and O–H groups in total. The topological polar surface area (TPSA) is 42.0 Å². The quantitative estimate of drug-likeness (QED) is 0.384. The first kappa shape index (κ1) is 24.6. The summed E-state index contributed by atoms with van der Waals surface area (Å²) in [4.78, 5) is 19.2. The van der Waals surface area contributed by atoms with E-state index < -0.39 is 0 Å². The van der Waals surface area contributed by atoms with Gasteiger partial charge >= 0.3 is 5.97 Å². The van der Waals surface area contributed by atoms with Crippen molar-refractivity contribution in [2.45, 2.75) is 29.6 Å². The van der Waals surface area contributed by atoms with Gasteiger partial charge in [0.1, 0.15) is 11.9 Å². The first-order valence-corrected chi connectivity index (χ1v) is 13.2. The first-order chi connectivity index (χ1) is 16.4. The van der Waals surface area contributed by atoms with Crippen LogP contribution in [0.5, 0.6) is 5.75 Å². The summed E-state index contributed by atoms with van der Waals surface area (Å²) in [6.07, 6.45) is 0.648. The fourth-order valence-corrected chi connectivity index (χ4v) is 6.32. The lowest BCUT2D eigenvalue weighted by molar-refractivity contribution is -0.145. The van der Waals surface area contributed by atoms with Crippen LogP contribution in [0.15, 0.2) is 64.9 Å². The predicted molar refractivity (Wildman–Crippen MR) is 141 cm³/mol. The van der Waals surface area contributed by atoms with Crippen molar-refractivity contribution < 1.29 is 14.3 Å². The number of thioether (sulfide) groups is 1. The van der Waals surface area contributed by atoms with E-state index in [1.807, 2.05) is 12.1 Å². The smallest absolute Gasteiger partial charge is 0.303 e. The molecule has 7 heteroatoms. The Bertz CT molecular complexity index is 1080. The van der Waals surface area contributed by atoms with Crippen molar-refractivity contribution in [1.29, 1.82) is 0 Å². The second-order valence-electron chi connectivity index (χ2n) is 8.77. The van der Waals surface area contributed by atoms with E-state index in [1.165, 1.54) is 27.9 Å². The molecule has 0 amide bonds. The molecule has 0 aliphatic carbocycles. The summed E-state index contributed by atoms with van der Waals surface area (Å²) in [6.45, 7) is 3.92. The van der Waals surface area contributed by atoms with Gasteiger partial charge in [0, 0.05) is 36.2 Å². The normalized spacial score (nSPS) is 17.9. The van der Waals surface area contributed by atoms with Crippen LogP contribution in [0, 0.1) is 0 Å². The number of hydrogen-bond acceptors (Lipinski definition) is 7. The highest BCUT2D eigenvalue weighted by atomic mass is 32.2. The van der Waals surface area contributed by atoms with Gasteiger partial charge in [0.25, 0.3) is 0 Å². The van der Waals surface area contributed by atoms with Crippen LogP contribution in [0.25, 0.3) is 0 Å². The second-order valence-corrected chi connectivity index (χ2v) is 11.0. The molecule has 4 rings (SSSR count). The Morgan fingerprint density at radius 2 is 1.94 bits per heavy atom. The first-order valence-electron chi connectivity index (χ1n) is 11.5. The number of carbonyl (C=O) groups is 1. The molecule has 3 aromatic rings. The molecule has 1 aliphatic rings. The molecule has 2 atom stereocenters. The number of esters is 1. The molecule has 0 saturated heterocycles. The Kier molecular flexibility index (Phi) is 8.19. The predicted octanol–water partition coefficient (Wildman–Crippen LogP) is 5.49. The highest BCUT2D eigenvalue weighted by Gasteiger charge is 2.34. The largest absolute Gasteiger partial charge is 0.497 e. The molecule has 180 valence electrons. The Balaban J connectivity index is 1.72. The zero-order chi connectivity index (χ0) is 24.1. The Labute approximate surface area is 210 Å². The lowest BCUT2D eigenvalue weighted by Gasteiger charge is -2.30. The van der Waals surface area contributed by atoms with E-state index in [0.717, 1.165) is 30.8 Å². The van der Waals surface area contributed by atoms with E-state index in [-0.39, 0.29) is 17.3 Å². The average Bonchev–Trinajstić information content (AvgIpc) is 3.27. The highest BCUT2D eigenvalue weighted by Crippen LogP contribution is 2.47. The lowest BCUT2D eigenvalue weighted by atomic mass is 10.1. The number of rotatable bonds is 8. The van der Waals surface area contributed by atoms with Gasteiger partial charge in [-0.1, -0.05) is 24.3 Å². The van der Waals surface area contributed by atoms with Gasteiger partial charge in [-0.05, 0) is 60.9 Å². The molecule has 0 radical (unpaired) electrons. The third kappa shape index (κ3) is 6.14. The van der Waals surface area contributed by atoms with Crippen molar-refractivity contribution in [3.8, 4) is 5.75 Å². The Hall–Kier alpha value is -2.48. The van der Waals surface area contributed by atoms with Crippen LogP contribution >= 0.6 is 23.1 Å². The van der Waals surface area contributed by atoms with Gasteiger partial charge in [0.2, 0.25) is 0 Å². The Morgan fingerprint density at radius 1 is 1.15 bits per heavy atom. The zero-order valence-corrected chi connectivity index (χ0v) is 21.8. The molecule has 34 heavy (non-hydrogen) atoms. The minimum absolute atomic E-state index is 0.0186. The van der Waals surface area contributed by atoms with Crippen LogP contribution in [-0.4, -0.2) is 57.8 Å². The molecule has 5 nitrogen and oxygen atoms in total. The molecule has 2 aromatic carbocycles. The SMILES string of the molecule is COc1ccc(C2Sc3cc(Cc4cccs4)ccc3N(CCN(C)C)CC2OC(C)=O)cc1. The van der Waals surface area contributed by atoms with Crippen LogP contribution in [0.2, 0.25) is 0 Å². The van der Waals surface area contributed by atoms with E-state index in [0.29, 0.717) is 6.54 Å². The van der Waals surface area contributed by atoms with Gasteiger partial charge in [-0.25, -0.2) is 0 Å². The minimum Gasteiger partial charge on any atom is -0.497 e. The van der Waals surface area contributed by atoms with Crippen LogP contribution in [0.1, 0.15) is 28.2 Å². The van der Waals surface area contributed by atoms with Crippen LogP contribution in [-0.2, 0) is 16.0 Å². The summed E-state index contributed by atoms with van der Waals surface area (Å²) in [5.41, 5.74) is 3.62. The second kappa shape index (κ2) is 11.3. The standard InChI is InChI=1S/C27H32N2O3S2/c1-19(30)32-25-18-29(14-13-28(2)3)24-12-7-20(16-23-6-5-15-33-23)17-26(24)34-27(25)21-8-10-22(31-4)11-9-21/h5-12,15,17,25,27H,13-14,16,18H2,1-4H3. The van der Waals surface area contributed by atoms with Crippen molar-refractivity contribution in [3.05, 3.63) is 76.0 Å². The maximum Gasteiger partial charge on any atom is 0.303 e. The van der Waals surface area contributed by atoms with Crippen molar-refractivity contribution in [2.75, 3.05) is 45.7 Å². The van der Waals surface area contributed by atoms with Crippen molar-refractivity contribution >= 4 is 34.8 Å². The van der Waals surface area contributed by atoms with E-state index in [4.69, 9.17) is 9.47 Å². The number of likely N-dealkylation sites (N-methyl/N-ethyl adjacent to an activating group) is 1. The van der Waals surface area contributed by atoms with Crippen LogP contribution in [0.4, 0.5) is 5.69 Å². The fraction of sp³-hybridized carbons (Fsp3) is 0.370. The molecule has 0 spiro atoms. The van der Waals surface area contributed by atoms with Crippen LogP contribution < -0.4 is 9.64 Å². The molecule has 2 heterocycles. The molecular formula is C27H32N2O3S2. The van der Waals surface area contributed by atoms with E-state index in [1.54, 1.807) is 30.2 Å². The van der Waals surface area contributed by atoms with E-state index in [2.05, 4.69) is 71.7 Å². The molecule has 0 saturated carbocycles. The number of carbonyl (C=O) groups excluding carboxylic acids is 1. The number of methoxy groups -OCH3 is 1. The number of fused-ring (bicyclic) bond motifs is 1. The van der Waals surface area contributed by atoms with Crippen molar-refractivity contribution in [3.63, 3.8) is 0 Å². The molecule has 0 bridgehead atoms. The van der Waals surface area contributed by atoms with Gasteiger partial charge in [-0.15, -0.1) is 23.1 Å². The van der Waals surface area contributed by atoms with Gasteiger partial charge in [0.15, 0.2) is 0 Å². The number of nitrogens with zero attached hydrogens (tertiary/aromatic N) is 2. The summed E-state index contributed by atoms with van der Waals surface area (Å²) < 4.78 is 11.3. The third-order valence-electron chi connectivity index (χ3n) is 5.89. The van der Waals surface area contributed by atoms with Crippen molar-refractivity contribution in [1.82, 2.24) is 4.90 Å². The summed E-state index contributed by atoms with van der Waals surface area (Å²) in [5, 5.41) is 2.11. The molecule has 0 fully saturated rings. The fourth-order valence-electron chi connectivity index (χ4n) is 4.18. The molecule has 2 unspecified atom stereocenters. The van der Waals surface area contributed by atoms with Gasteiger partial charge in [-0.2, -0.15) is 0 Å². The highest BCUT2D eigenvalue weighted by molar-refractivity contribution is 7.99. The number of anilines is 1. The number of benzene rings is 2. The zero-order valence-electron chi connectivity index (χ0n) is 20.2. The number of ether oxygens (including phenoxy) is 2. The molecule has 1 aliphatic heterocycles. The summed E-state index contributed by atoms with van der Waals surface area (Å²) in [5.74, 6) is 0.568. The Morgan fingerprint density at radius 3 is 2.59 bits per heavy atom. The van der Waals surface area contributed by atoms with E-state index in [9.17, 15) is 4.79 Å². The summed E-state index contributed by atoms with van der Waals surface area (Å²) in [6, 6.07) is 19.2. The van der Waals surface area contributed by atoms with Gasteiger partial charge in [-0.3, -0.25) is 4.79 Å². The van der Waals surface area contributed by atoms with Crippen LogP contribution in [0.3, 0.4) is 0 Å². The summed E-state index contributed by atoms with van der Waals surface area (Å²) in [7, 11) is 5.84. The number of thiophene rings is 1. The van der Waals surface area contributed by atoms with Crippen molar-refractivity contribution in [2.24, 2.45) is 0 Å². The van der Waals surface area contributed by atoms with E-state index >= 15 is 0 Å². The monoisotopic (exact) mass is 496 g/mol. The third-order valence-corrected chi connectivity index (χ3v) is 8.18. The summed E-state index contributed by atoms with van der Waals surface area (Å²) >= 11 is 3.58. The maximum absolute atomic E-state index is 12.1. The number of hydrogen-bond donors (Lipinski definition) is 0. The van der Waals surface area contributed by atoms with Gasteiger partial charge in [0.05, 0.1) is 24.6 Å². The molecular weight excluding hydrogens is 464 g/mol. The minimum atomic E-state index is -0.272. The average molecular weight is 497 g/mol. The lowest BCUT2D eigenvalue weighted by Crippen LogP contribution is -2.39.